The maximum absolute atomic E-state index is 2.21. The summed E-state index contributed by atoms with van der Waals surface area (Å²) in [4.78, 5) is 0. The molecular weight excluding hydrogens is 181 g/mol. The molecule has 0 radical (unpaired) electrons. The molecule has 0 saturated carbocycles. The Balaban J connectivity index is 2.55. The second kappa shape index (κ2) is 4.09. The van der Waals surface area contributed by atoms with Crippen LogP contribution in [-0.2, 0) is 0 Å². The minimum absolute atomic E-state index is 1.36. The van der Waals surface area contributed by atoms with E-state index in [0.29, 0.717) is 0 Å². The van der Waals surface area contributed by atoms with Crippen molar-refractivity contribution in [1.29, 1.82) is 0 Å². The Hall–Kier alpha value is 1.09. The second-order valence-electron chi connectivity index (χ2n) is 0.356. The van der Waals surface area contributed by atoms with Crippen LogP contribution >= 0.6 is 30.4 Å². The first-order valence-electron chi connectivity index (χ1n) is 0.924. The molecule has 3 heteroatoms. The molecule has 0 aliphatic rings. The number of hydrogen-bond donors (Lipinski definition) is 0. The molecule has 0 fully saturated rings. The molecule has 0 aliphatic carbocycles. The van der Waals surface area contributed by atoms with Crippen molar-refractivity contribution in [3.05, 3.63) is 0 Å². The summed E-state index contributed by atoms with van der Waals surface area (Å²) >= 11 is 2.21. The zero-order chi connectivity index (χ0) is 3.41. The van der Waals surface area contributed by atoms with Gasteiger partial charge in [-0.3, -0.25) is 0 Å². The topological polar surface area (TPSA) is 0 Å². The zero-order valence-electron chi connectivity index (χ0n) is 2.40. The van der Waals surface area contributed by atoms with Crippen LogP contribution in [0.15, 0.2) is 0 Å². The Labute approximate surface area is 41.8 Å². The van der Waals surface area contributed by atoms with Crippen LogP contribution in [-0.4, -0.2) is 11.1 Å². The average molecular weight is 184 g/mol. The molecule has 0 unspecified atom stereocenters. The van der Waals surface area contributed by atoms with Gasteiger partial charge in [0, 0.05) is 0 Å². The number of rotatable bonds is 0. The van der Waals surface area contributed by atoms with E-state index in [9.17, 15) is 0 Å². The fraction of sp³-hybridized carbons (Fsp3) is 1.00. The van der Waals surface area contributed by atoms with Gasteiger partial charge in [-0.25, -0.2) is 0 Å². The second-order valence-corrected chi connectivity index (χ2v) is 2.74. The summed E-state index contributed by atoms with van der Waals surface area (Å²) in [7, 11) is 1.36. The molecule has 0 aromatic rings. The molecule has 4 heavy (non-hydrogen) atoms. The third kappa shape index (κ3) is 3.09. The molecule has 0 aromatic heterocycles. The summed E-state index contributed by atoms with van der Waals surface area (Å²) in [6.07, 6.45) is 0. The average Bonchev–Trinajstić information content (AvgIpc) is 1.37. The third-order valence-electron chi connectivity index (χ3n) is 0.0976. The van der Waals surface area contributed by atoms with Crippen molar-refractivity contribution in [2.75, 3.05) is 6.66 Å². The van der Waals surface area contributed by atoms with E-state index >= 15 is 0 Å². The maximum atomic E-state index is 2.21. The molecule has 0 aromatic carbocycles. The number of halogens is 1. The number of hydrogen-bond acceptors (Lipinski definition) is 0. The first-order chi connectivity index (χ1) is 1.91. The van der Waals surface area contributed by atoms with E-state index in [0.717, 1.165) is 0 Å². The van der Waals surface area contributed by atoms with Crippen LogP contribution in [0.2, 0.25) is 0 Å². The zero-order valence-corrected chi connectivity index (χ0v) is 5.45. The van der Waals surface area contributed by atoms with Crippen molar-refractivity contribution in [3.8, 4) is 0 Å². The molecule has 0 amide bonds. The molecule has 0 atom stereocenters. The summed E-state index contributed by atoms with van der Waals surface area (Å²) in [6, 6.07) is 0. The molecule has 0 N–H and O–H groups in total. The van der Waals surface area contributed by atoms with Gasteiger partial charge in [-0.15, -0.1) is 0 Å². The molecule has 0 bridgehead atoms. The summed E-state index contributed by atoms with van der Waals surface area (Å²) in [5.74, 6) is 0. The van der Waals surface area contributed by atoms with Gasteiger partial charge in [-0.05, 0) is 0 Å². The van der Waals surface area contributed by atoms with E-state index in [4.69, 9.17) is 0 Å². The van der Waals surface area contributed by atoms with Gasteiger partial charge in [0.25, 0.3) is 0 Å². The van der Waals surface area contributed by atoms with E-state index < -0.39 is 0 Å². The van der Waals surface area contributed by atoms with Gasteiger partial charge in [0.15, 0.2) is 0 Å². The van der Waals surface area contributed by atoms with Crippen LogP contribution in [0.1, 0.15) is 0 Å². The van der Waals surface area contributed by atoms with Crippen LogP contribution in [0.25, 0.3) is 0 Å². The normalized spacial score (nSPS) is 7.50. The van der Waals surface area contributed by atoms with Crippen LogP contribution < -0.4 is 0 Å². The monoisotopic (exact) mass is 184 g/mol. The van der Waals surface area contributed by atoms with E-state index in [1.807, 2.05) is 0 Å². The minimum atomic E-state index is 1.36. The summed E-state index contributed by atoms with van der Waals surface area (Å²) in [6.45, 7) is 2.09. The molecular formula is CH3BIP. The van der Waals surface area contributed by atoms with Gasteiger partial charge < -0.3 is 0 Å². The van der Waals surface area contributed by atoms with Crippen molar-refractivity contribution < 1.29 is 0 Å². The van der Waals surface area contributed by atoms with Gasteiger partial charge in [0.2, 0.25) is 0 Å². The summed E-state index contributed by atoms with van der Waals surface area (Å²) in [5.41, 5.74) is 0. The van der Waals surface area contributed by atoms with E-state index in [2.05, 4.69) is 33.5 Å². The van der Waals surface area contributed by atoms with Crippen molar-refractivity contribution in [2.45, 2.75) is 0 Å². The molecule has 0 spiro atoms. The van der Waals surface area contributed by atoms with Gasteiger partial charge in [-0.1, -0.05) is 0 Å². The van der Waals surface area contributed by atoms with Crippen LogP contribution in [0.4, 0.5) is 0 Å². The molecule has 0 heterocycles. The fourth-order valence-electron chi connectivity index (χ4n) is 0. The summed E-state index contributed by atoms with van der Waals surface area (Å²) < 4.78 is 2.07. The van der Waals surface area contributed by atoms with Crippen molar-refractivity contribution in [1.82, 2.24) is 0 Å². The van der Waals surface area contributed by atoms with E-state index in [-0.39, 0.29) is 0 Å². The first-order valence-corrected chi connectivity index (χ1v) is 3.58. The molecule has 0 aliphatic heterocycles. The van der Waals surface area contributed by atoms with Crippen LogP contribution in [0, 0.1) is 0 Å². The molecule has 0 rings (SSSR count). The predicted molar refractivity (Wildman–Crippen MR) is 32.6 cm³/mol. The van der Waals surface area contributed by atoms with E-state index in [1.165, 1.54) is 8.07 Å². The first kappa shape index (κ1) is 5.09. The Morgan fingerprint density at radius 3 is 2.25 bits per heavy atom. The van der Waals surface area contributed by atoms with Crippen LogP contribution in [0.3, 0.4) is 0 Å². The molecule has 0 saturated heterocycles. The van der Waals surface area contributed by atoms with Crippen molar-refractivity contribution in [2.24, 2.45) is 0 Å². The van der Waals surface area contributed by atoms with Crippen molar-refractivity contribution >= 4 is 34.9 Å². The Morgan fingerprint density at radius 2 is 2.25 bits per heavy atom. The molecule has 22 valence electrons. The van der Waals surface area contributed by atoms with Gasteiger partial charge in [0.1, 0.15) is 0 Å². The quantitative estimate of drug-likeness (QED) is 0.304. The third-order valence-corrected chi connectivity index (χ3v) is 1.96. The standard InChI is InChI=1S/CH3BIP/c1-4-2-3/h1H3. The Bertz CT molecular complexity index is 23.2. The Kier molecular flexibility index (Phi) is 5.22. The Morgan fingerprint density at radius 1 is 2.00 bits per heavy atom. The van der Waals surface area contributed by atoms with Gasteiger partial charge >= 0.3 is 41.6 Å². The van der Waals surface area contributed by atoms with Crippen LogP contribution in [0.5, 0.6) is 0 Å². The summed E-state index contributed by atoms with van der Waals surface area (Å²) in [5, 5.41) is 0. The fourth-order valence-corrected chi connectivity index (χ4v) is 0. The molecule has 0 nitrogen and oxygen atoms in total. The van der Waals surface area contributed by atoms with Crippen molar-refractivity contribution in [3.63, 3.8) is 0 Å². The van der Waals surface area contributed by atoms with E-state index in [1.54, 1.807) is 0 Å². The SMILES string of the molecule is CP=BI. The van der Waals surface area contributed by atoms with Gasteiger partial charge in [-0.2, -0.15) is 0 Å². The predicted octanol–water partition coefficient (Wildman–Crippen LogP) is 1.53. The van der Waals surface area contributed by atoms with Gasteiger partial charge in [0.05, 0.1) is 0 Å².